The fourth-order valence-corrected chi connectivity index (χ4v) is 2.53. The average molecular weight is 283 g/mol. The van der Waals surface area contributed by atoms with Crippen molar-refractivity contribution in [3.05, 3.63) is 30.1 Å². The van der Waals surface area contributed by atoms with E-state index in [2.05, 4.69) is 27.3 Å². The minimum absolute atomic E-state index is 0.766. The summed E-state index contributed by atoms with van der Waals surface area (Å²) in [7, 11) is 0. The van der Waals surface area contributed by atoms with Crippen molar-refractivity contribution in [2.45, 2.75) is 39.5 Å². The van der Waals surface area contributed by atoms with Gasteiger partial charge in [0.2, 0.25) is 5.95 Å². The van der Waals surface area contributed by atoms with Gasteiger partial charge in [-0.1, -0.05) is 38.3 Å². The molecular weight excluding hydrogens is 262 g/mol. The van der Waals surface area contributed by atoms with E-state index in [9.17, 15) is 0 Å². The summed E-state index contributed by atoms with van der Waals surface area (Å²) in [5.41, 5.74) is 1.82. The normalized spacial score (nSPS) is 11.3. The summed E-state index contributed by atoms with van der Waals surface area (Å²) in [6.45, 7) is 5.05. The molecule has 0 bridgehead atoms. The molecule has 0 aliphatic carbocycles. The first-order valence-electron chi connectivity index (χ1n) is 7.65. The SMILES string of the molecule is CCCCCCNc1nc2ccccc2c2nc(C)nn12. The molecule has 3 rings (SSSR count). The lowest BCUT2D eigenvalue weighted by molar-refractivity contribution is 0.682. The van der Waals surface area contributed by atoms with Crippen molar-refractivity contribution < 1.29 is 0 Å². The van der Waals surface area contributed by atoms with Crippen molar-refractivity contribution in [1.29, 1.82) is 0 Å². The zero-order valence-electron chi connectivity index (χ0n) is 12.6. The van der Waals surface area contributed by atoms with E-state index in [4.69, 9.17) is 0 Å². The molecule has 110 valence electrons. The van der Waals surface area contributed by atoms with Gasteiger partial charge in [0.1, 0.15) is 5.82 Å². The number of aryl methyl sites for hydroxylation is 1. The van der Waals surface area contributed by atoms with Crippen molar-refractivity contribution in [2.24, 2.45) is 0 Å². The highest BCUT2D eigenvalue weighted by molar-refractivity contribution is 5.92. The van der Waals surface area contributed by atoms with Gasteiger partial charge in [-0.05, 0) is 25.5 Å². The van der Waals surface area contributed by atoms with E-state index in [0.717, 1.165) is 41.3 Å². The third-order valence-electron chi connectivity index (χ3n) is 3.60. The highest BCUT2D eigenvalue weighted by atomic mass is 15.4. The number of unbranched alkanes of at least 4 members (excludes halogenated alkanes) is 3. The van der Waals surface area contributed by atoms with Gasteiger partial charge in [0.15, 0.2) is 5.65 Å². The van der Waals surface area contributed by atoms with Crippen LogP contribution < -0.4 is 5.32 Å². The molecule has 5 nitrogen and oxygen atoms in total. The van der Waals surface area contributed by atoms with E-state index in [0.29, 0.717) is 0 Å². The largest absolute Gasteiger partial charge is 0.354 e. The maximum Gasteiger partial charge on any atom is 0.226 e. The van der Waals surface area contributed by atoms with Gasteiger partial charge in [-0.25, -0.2) is 9.97 Å². The molecule has 0 saturated carbocycles. The number of nitrogens with one attached hydrogen (secondary N) is 1. The molecule has 0 radical (unpaired) electrons. The minimum atomic E-state index is 0.766. The summed E-state index contributed by atoms with van der Waals surface area (Å²) in [5, 5.41) is 8.90. The maximum absolute atomic E-state index is 4.68. The van der Waals surface area contributed by atoms with Gasteiger partial charge in [-0.15, -0.1) is 5.10 Å². The topological polar surface area (TPSA) is 55.1 Å². The van der Waals surface area contributed by atoms with E-state index in [1.807, 2.05) is 35.7 Å². The predicted octanol–water partition coefficient (Wildman–Crippen LogP) is 3.58. The number of benzene rings is 1. The maximum atomic E-state index is 4.68. The second-order valence-corrected chi connectivity index (χ2v) is 5.33. The third-order valence-corrected chi connectivity index (χ3v) is 3.60. The lowest BCUT2D eigenvalue weighted by Gasteiger charge is -2.08. The highest BCUT2D eigenvalue weighted by Crippen LogP contribution is 2.20. The van der Waals surface area contributed by atoms with E-state index < -0.39 is 0 Å². The van der Waals surface area contributed by atoms with Crippen LogP contribution in [0.25, 0.3) is 16.6 Å². The summed E-state index contributed by atoms with van der Waals surface area (Å²) in [4.78, 5) is 9.22. The average Bonchev–Trinajstić information content (AvgIpc) is 2.89. The second kappa shape index (κ2) is 6.08. The number of rotatable bonds is 6. The fourth-order valence-electron chi connectivity index (χ4n) is 2.53. The molecule has 2 heterocycles. The summed E-state index contributed by atoms with van der Waals surface area (Å²) < 4.78 is 1.82. The van der Waals surface area contributed by atoms with Crippen molar-refractivity contribution in [1.82, 2.24) is 19.6 Å². The number of hydrogen-bond donors (Lipinski definition) is 1. The molecule has 2 aromatic heterocycles. The van der Waals surface area contributed by atoms with Crippen LogP contribution in [-0.4, -0.2) is 26.1 Å². The van der Waals surface area contributed by atoms with Gasteiger partial charge in [-0.3, -0.25) is 0 Å². The first-order valence-corrected chi connectivity index (χ1v) is 7.65. The molecule has 0 fully saturated rings. The molecule has 21 heavy (non-hydrogen) atoms. The van der Waals surface area contributed by atoms with Gasteiger partial charge < -0.3 is 5.32 Å². The van der Waals surface area contributed by atoms with Crippen molar-refractivity contribution in [2.75, 3.05) is 11.9 Å². The smallest absolute Gasteiger partial charge is 0.226 e. The van der Waals surface area contributed by atoms with Crippen LogP contribution in [0.4, 0.5) is 5.95 Å². The third kappa shape index (κ3) is 2.82. The molecule has 5 heteroatoms. The first-order chi connectivity index (χ1) is 10.3. The number of nitrogens with zero attached hydrogens (tertiary/aromatic N) is 4. The molecule has 1 aromatic carbocycles. The van der Waals surface area contributed by atoms with Crippen LogP contribution in [0.1, 0.15) is 38.4 Å². The van der Waals surface area contributed by atoms with E-state index >= 15 is 0 Å². The second-order valence-electron chi connectivity index (χ2n) is 5.33. The number of anilines is 1. The predicted molar refractivity (Wildman–Crippen MR) is 85.7 cm³/mol. The zero-order valence-corrected chi connectivity index (χ0v) is 12.6. The van der Waals surface area contributed by atoms with Crippen LogP contribution in [0.2, 0.25) is 0 Å². The zero-order chi connectivity index (χ0) is 14.7. The Morgan fingerprint density at radius 1 is 1.10 bits per heavy atom. The molecule has 3 aromatic rings. The Bertz CT molecular complexity index is 747. The van der Waals surface area contributed by atoms with Gasteiger partial charge in [0.05, 0.1) is 5.52 Å². The lowest BCUT2D eigenvalue weighted by Crippen LogP contribution is -2.09. The number of para-hydroxylation sites is 1. The molecule has 0 atom stereocenters. The Kier molecular flexibility index (Phi) is 3.99. The molecule has 1 N–H and O–H groups in total. The van der Waals surface area contributed by atoms with Crippen LogP contribution in [0, 0.1) is 6.92 Å². The fraction of sp³-hybridized carbons (Fsp3) is 0.438. The Balaban J connectivity index is 1.92. The van der Waals surface area contributed by atoms with E-state index in [1.165, 1.54) is 19.3 Å². The van der Waals surface area contributed by atoms with Crippen LogP contribution in [0.15, 0.2) is 24.3 Å². The number of fused-ring (bicyclic) bond motifs is 3. The van der Waals surface area contributed by atoms with Crippen LogP contribution in [0.5, 0.6) is 0 Å². The Hall–Kier alpha value is -2.17. The van der Waals surface area contributed by atoms with Crippen molar-refractivity contribution >= 4 is 22.5 Å². The summed E-state index contributed by atoms with van der Waals surface area (Å²) in [6.07, 6.45) is 4.93. The quantitative estimate of drug-likeness (QED) is 0.703. The van der Waals surface area contributed by atoms with Gasteiger partial charge in [0, 0.05) is 11.9 Å². The van der Waals surface area contributed by atoms with Gasteiger partial charge in [0.25, 0.3) is 0 Å². The summed E-state index contributed by atoms with van der Waals surface area (Å²) in [6, 6.07) is 8.06. The summed E-state index contributed by atoms with van der Waals surface area (Å²) in [5.74, 6) is 1.54. The van der Waals surface area contributed by atoms with Crippen molar-refractivity contribution in [3.63, 3.8) is 0 Å². The molecule has 0 amide bonds. The Morgan fingerprint density at radius 2 is 1.95 bits per heavy atom. The molecule has 0 saturated heterocycles. The molecule has 0 aliphatic heterocycles. The molecule has 0 unspecified atom stereocenters. The minimum Gasteiger partial charge on any atom is -0.354 e. The number of aromatic nitrogens is 4. The molecule has 0 aliphatic rings. The monoisotopic (exact) mass is 283 g/mol. The van der Waals surface area contributed by atoms with E-state index in [1.54, 1.807) is 0 Å². The summed E-state index contributed by atoms with van der Waals surface area (Å²) >= 11 is 0. The van der Waals surface area contributed by atoms with E-state index in [-0.39, 0.29) is 0 Å². The Labute approximate surface area is 124 Å². The number of hydrogen-bond acceptors (Lipinski definition) is 4. The Morgan fingerprint density at radius 3 is 2.81 bits per heavy atom. The van der Waals surface area contributed by atoms with Crippen LogP contribution >= 0.6 is 0 Å². The van der Waals surface area contributed by atoms with Crippen LogP contribution in [-0.2, 0) is 0 Å². The molecular formula is C16H21N5. The van der Waals surface area contributed by atoms with Gasteiger partial charge >= 0.3 is 0 Å². The molecule has 0 spiro atoms. The van der Waals surface area contributed by atoms with Crippen LogP contribution in [0.3, 0.4) is 0 Å². The first kappa shape index (κ1) is 13.8. The standard InChI is InChI=1S/C16H21N5/c1-3-4-5-8-11-17-16-19-14-10-7-6-9-13(14)15-18-12(2)20-21(15)16/h6-7,9-10H,3-5,8,11H2,1-2H3,(H,17,19). The highest BCUT2D eigenvalue weighted by Gasteiger charge is 2.10. The van der Waals surface area contributed by atoms with Crippen molar-refractivity contribution in [3.8, 4) is 0 Å². The van der Waals surface area contributed by atoms with Gasteiger partial charge in [-0.2, -0.15) is 4.52 Å². The lowest BCUT2D eigenvalue weighted by atomic mass is 10.2.